The van der Waals surface area contributed by atoms with Gasteiger partial charge in [0.1, 0.15) is 11.6 Å². The molecule has 0 aromatic heterocycles. The van der Waals surface area contributed by atoms with Crippen molar-refractivity contribution in [1.82, 2.24) is 9.80 Å². The molecule has 32 heavy (non-hydrogen) atoms. The third kappa shape index (κ3) is 6.99. The molecule has 3 rings (SSSR count). The normalized spacial score (nSPS) is 17.4. The highest BCUT2D eigenvalue weighted by Crippen LogP contribution is 2.25. The molecule has 174 valence electrons. The van der Waals surface area contributed by atoms with E-state index in [1.54, 1.807) is 30.3 Å². The maximum atomic E-state index is 13.1. The molecule has 2 N–H and O–H groups in total. The standard InChI is InChI=1S/C22H27BrFN3O4S/c1-2-20-13-26(12-16-3-6-19(24)7-4-16)9-10-27(20)22(28)14-31-21-8-5-18(23)11-17(21)15-32(25,29)30/h3-8,11,20H,2,9-10,12-15H2,1H3,(H2,25,29,30). The van der Waals surface area contributed by atoms with E-state index in [1.807, 2.05) is 11.8 Å². The van der Waals surface area contributed by atoms with Gasteiger partial charge in [0.2, 0.25) is 10.0 Å². The van der Waals surface area contributed by atoms with E-state index in [0.29, 0.717) is 42.0 Å². The molecule has 1 fully saturated rings. The summed E-state index contributed by atoms with van der Waals surface area (Å²) in [5.74, 6) is -0.467. The summed E-state index contributed by atoms with van der Waals surface area (Å²) >= 11 is 3.31. The van der Waals surface area contributed by atoms with Crippen LogP contribution in [0.25, 0.3) is 0 Å². The minimum atomic E-state index is -3.75. The van der Waals surface area contributed by atoms with Gasteiger partial charge in [-0.05, 0) is 42.3 Å². The van der Waals surface area contributed by atoms with E-state index < -0.39 is 10.0 Å². The van der Waals surface area contributed by atoms with Gasteiger partial charge >= 0.3 is 0 Å². The molecule has 0 bridgehead atoms. The number of piperazine rings is 1. The van der Waals surface area contributed by atoms with E-state index in [4.69, 9.17) is 9.88 Å². The van der Waals surface area contributed by atoms with Crippen LogP contribution in [-0.4, -0.2) is 56.4 Å². The summed E-state index contributed by atoms with van der Waals surface area (Å²) in [5.41, 5.74) is 1.42. The van der Waals surface area contributed by atoms with Crippen molar-refractivity contribution < 1.29 is 22.3 Å². The Labute approximate surface area is 196 Å². The van der Waals surface area contributed by atoms with Crippen molar-refractivity contribution in [3.8, 4) is 5.75 Å². The number of halogens is 2. The topological polar surface area (TPSA) is 92.9 Å². The predicted octanol–water partition coefficient (Wildman–Crippen LogP) is 2.88. The minimum absolute atomic E-state index is 0.0362. The Bertz CT molecular complexity index is 1050. The summed E-state index contributed by atoms with van der Waals surface area (Å²) in [6.07, 6.45) is 0.792. The van der Waals surface area contributed by atoms with Crippen LogP contribution in [0.3, 0.4) is 0 Å². The van der Waals surface area contributed by atoms with E-state index >= 15 is 0 Å². The van der Waals surface area contributed by atoms with Crippen molar-refractivity contribution >= 4 is 31.9 Å². The number of amides is 1. The highest BCUT2D eigenvalue weighted by molar-refractivity contribution is 9.10. The van der Waals surface area contributed by atoms with Crippen LogP contribution in [0.2, 0.25) is 0 Å². The average Bonchev–Trinajstić information content (AvgIpc) is 2.73. The monoisotopic (exact) mass is 527 g/mol. The molecule has 0 saturated carbocycles. The molecule has 1 unspecified atom stereocenters. The first-order valence-electron chi connectivity index (χ1n) is 10.3. The Hall–Kier alpha value is -2.01. The molecule has 2 aromatic rings. The van der Waals surface area contributed by atoms with E-state index in [-0.39, 0.29) is 30.1 Å². The van der Waals surface area contributed by atoms with Crippen LogP contribution in [0, 0.1) is 5.82 Å². The Morgan fingerprint density at radius 1 is 1.22 bits per heavy atom. The number of ether oxygens (including phenoxy) is 1. The SMILES string of the molecule is CCC1CN(Cc2ccc(F)cc2)CCN1C(=O)COc1ccc(Br)cc1CS(N)(=O)=O. The lowest BCUT2D eigenvalue weighted by Crippen LogP contribution is -2.55. The lowest BCUT2D eigenvalue weighted by atomic mass is 10.1. The molecule has 7 nitrogen and oxygen atoms in total. The summed E-state index contributed by atoms with van der Waals surface area (Å²) < 4.78 is 42.6. The molecule has 0 aliphatic carbocycles. The highest BCUT2D eigenvalue weighted by Gasteiger charge is 2.29. The number of hydrogen-bond acceptors (Lipinski definition) is 5. The van der Waals surface area contributed by atoms with E-state index in [9.17, 15) is 17.6 Å². The smallest absolute Gasteiger partial charge is 0.260 e. The van der Waals surface area contributed by atoms with Crippen molar-refractivity contribution in [1.29, 1.82) is 0 Å². The summed E-state index contributed by atoms with van der Waals surface area (Å²) in [7, 11) is -3.75. The number of rotatable bonds is 8. The second kappa shape index (κ2) is 10.7. The molecule has 10 heteroatoms. The van der Waals surface area contributed by atoms with Gasteiger partial charge in [-0.25, -0.2) is 17.9 Å². The minimum Gasteiger partial charge on any atom is -0.483 e. The van der Waals surface area contributed by atoms with Gasteiger partial charge in [0.25, 0.3) is 5.91 Å². The van der Waals surface area contributed by atoms with Crippen molar-refractivity contribution in [3.05, 3.63) is 63.9 Å². The zero-order valence-electron chi connectivity index (χ0n) is 17.8. The molecule has 1 amide bonds. The Morgan fingerprint density at radius 3 is 2.59 bits per heavy atom. The van der Waals surface area contributed by atoms with Crippen LogP contribution < -0.4 is 9.88 Å². The zero-order valence-corrected chi connectivity index (χ0v) is 20.2. The van der Waals surface area contributed by atoms with Crippen molar-refractivity contribution in [2.24, 2.45) is 5.14 Å². The molecular weight excluding hydrogens is 501 g/mol. The van der Waals surface area contributed by atoms with Gasteiger partial charge in [-0.15, -0.1) is 0 Å². The van der Waals surface area contributed by atoms with Gasteiger partial charge in [0, 0.05) is 42.3 Å². The first kappa shape index (κ1) is 24.6. The third-order valence-corrected chi connectivity index (χ3v) is 6.61. The number of nitrogens with zero attached hydrogens (tertiary/aromatic N) is 2. The van der Waals surface area contributed by atoms with Crippen LogP contribution in [0.15, 0.2) is 46.9 Å². The van der Waals surface area contributed by atoms with E-state index in [1.165, 1.54) is 12.1 Å². The van der Waals surface area contributed by atoms with E-state index in [0.717, 1.165) is 12.0 Å². The lowest BCUT2D eigenvalue weighted by molar-refractivity contribution is -0.138. The maximum Gasteiger partial charge on any atom is 0.260 e. The van der Waals surface area contributed by atoms with Gasteiger partial charge in [-0.1, -0.05) is 35.0 Å². The highest BCUT2D eigenvalue weighted by atomic mass is 79.9. The molecule has 1 atom stereocenters. The van der Waals surface area contributed by atoms with E-state index in [2.05, 4.69) is 20.8 Å². The van der Waals surface area contributed by atoms with Crippen LogP contribution in [0.5, 0.6) is 5.75 Å². The average molecular weight is 528 g/mol. The molecule has 0 spiro atoms. The fraction of sp³-hybridized carbons (Fsp3) is 0.409. The largest absolute Gasteiger partial charge is 0.483 e. The molecular formula is C22H27BrFN3O4S. The molecule has 1 aliphatic rings. The number of primary sulfonamides is 1. The van der Waals surface area contributed by atoms with Gasteiger partial charge < -0.3 is 9.64 Å². The fourth-order valence-electron chi connectivity index (χ4n) is 3.83. The fourth-order valence-corrected chi connectivity index (χ4v) is 4.90. The summed E-state index contributed by atoms with van der Waals surface area (Å²) in [5, 5.41) is 5.17. The van der Waals surface area contributed by atoms with Gasteiger partial charge in [-0.2, -0.15) is 0 Å². The summed E-state index contributed by atoms with van der Waals surface area (Å²) in [4.78, 5) is 17.0. The predicted molar refractivity (Wildman–Crippen MR) is 124 cm³/mol. The van der Waals surface area contributed by atoms with Gasteiger partial charge in [0.05, 0.1) is 5.75 Å². The zero-order chi connectivity index (χ0) is 23.3. The lowest BCUT2D eigenvalue weighted by Gasteiger charge is -2.41. The number of benzene rings is 2. The van der Waals surface area contributed by atoms with Gasteiger partial charge in [0.15, 0.2) is 6.61 Å². The Balaban J connectivity index is 1.60. The number of carbonyl (C=O) groups excluding carboxylic acids is 1. The molecule has 2 aromatic carbocycles. The number of nitrogens with two attached hydrogens (primary N) is 1. The van der Waals surface area contributed by atoms with Crippen molar-refractivity contribution in [2.45, 2.75) is 31.7 Å². The van der Waals surface area contributed by atoms with Crippen LogP contribution in [-0.2, 0) is 27.1 Å². The molecule has 0 radical (unpaired) electrons. The number of hydrogen-bond donors (Lipinski definition) is 1. The quantitative estimate of drug-likeness (QED) is 0.569. The maximum absolute atomic E-state index is 13.1. The number of carbonyl (C=O) groups is 1. The Morgan fingerprint density at radius 2 is 1.94 bits per heavy atom. The third-order valence-electron chi connectivity index (χ3n) is 5.41. The summed E-state index contributed by atoms with van der Waals surface area (Å²) in [6, 6.07) is 11.5. The van der Waals surface area contributed by atoms with Crippen LogP contribution in [0.4, 0.5) is 4.39 Å². The first-order chi connectivity index (χ1) is 15.1. The second-order valence-corrected chi connectivity index (χ2v) is 10.4. The molecule has 1 heterocycles. The van der Waals surface area contributed by atoms with Crippen molar-refractivity contribution in [3.63, 3.8) is 0 Å². The molecule has 1 aliphatic heterocycles. The Kier molecular flexibility index (Phi) is 8.26. The second-order valence-electron chi connectivity index (χ2n) is 7.86. The number of sulfonamides is 1. The first-order valence-corrected chi connectivity index (χ1v) is 12.8. The van der Waals surface area contributed by atoms with Gasteiger partial charge in [-0.3, -0.25) is 9.69 Å². The van der Waals surface area contributed by atoms with Crippen LogP contribution >= 0.6 is 15.9 Å². The van der Waals surface area contributed by atoms with Crippen LogP contribution in [0.1, 0.15) is 24.5 Å². The van der Waals surface area contributed by atoms with Crippen molar-refractivity contribution in [2.75, 3.05) is 26.2 Å². The summed E-state index contributed by atoms with van der Waals surface area (Å²) in [6.45, 7) is 4.53. The molecule has 1 saturated heterocycles.